The molecule has 1 aliphatic rings. The number of nitrogens with two attached hydrogens (primary N) is 2. The van der Waals surface area contributed by atoms with Gasteiger partial charge in [-0.2, -0.15) is 0 Å². The summed E-state index contributed by atoms with van der Waals surface area (Å²) in [5, 5.41) is 1.31. The van der Waals surface area contributed by atoms with Crippen molar-refractivity contribution in [1.82, 2.24) is 14.9 Å². The lowest BCUT2D eigenvalue weighted by Crippen LogP contribution is -2.43. The van der Waals surface area contributed by atoms with Crippen molar-refractivity contribution in [2.45, 2.75) is 38.8 Å². The number of halogens is 1. The molecule has 1 aromatic rings. The summed E-state index contributed by atoms with van der Waals surface area (Å²) >= 11 is 0. The lowest BCUT2D eigenvalue weighted by molar-refractivity contribution is 0.0267. The standard InChI is InChI=1S/C15H23FN6O2/c1-15(2,3)24-14(23)21-5-4-12(6-11(17)9-21)22(18)13-19-7-10(16)8-20-13/h6-8,12H,4-5,9,17-18H2,1-3H3. The molecule has 0 saturated carbocycles. The first-order chi connectivity index (χ1) is 11.2. The van der Waals surface area contributed by atoms with Crippen LogP contribution in [-0.4, -0.2) is 45.7 Å². The molecule has 0 saturated heterocycles. The van der Waals surface area contributed by atoms with E-state index in [1.165, 1.54) is 9.91 Å². The fraction of sp³-hybridized carbons (Fsp3) is 0.533. The maximum absolute atomic E-state index is 12.9. The summed E-state index contributed by atoms with van der Waals surface area (Å²) < 4.78 is 18.3. The summed E-state index contributed by atoms with van der Waals surface area (Å²) in [5.41, 5.74) is 5.89. The van der Waals surface area contributed by atoms with E-state index in [1.807, 2.05) is 0 Å². The van der Waals surface area contributed by atoms with Crippen LogP contribution in [0.3, 0.4) is 0 Å². The van der Waals surface area contributed by atoms with Crippen molar-refractivity contribution < 1.29 is 13.9 Å². The first-order valence-corrected chi connectivity index (χ1v) is 7.61. The van der Waals surface area contributed by atoms with Crippen molar-refractivity contribution in [3.8, 4) is 0 Å². The number of hydrazine groups is 1. The van der Waals surface area contributed by atoms with Gasteiger partial charge in [-0.15, -0.1) is 0 Å². The van der Waals surface area contributed by atoms with Crippen LogP contribution in [0.2, 0.25) is 0 Å². The van der Waals surface area contributed by atoms with Gasteiger partial charge in [0.15, 0.2) is 5.82 Å². The van der Waals surface area contributed by atoms with Crippen molar-refractivity contribution in [3.63, 3.8) is 0 Å². The van der Waals surface area contributed by atoms with Crippen LogP contribution in [0.1, 0.15) is 27.2 Å². The van der Waals surface area contributed by atoms with Crippen LogP contribution in [0.25, 0.3) is 0 Å². The Balaban J connectivity index is 2.07. The van der Waals surface area contributed by atoms with Crippen LogP contribution < -0.4 is 16.6 Å². The minimum Gasteiger partial charge on any atom is -0.444 e. The van der Waals surface area contributed by atoms with E-state index in [2.05, 4.69) is 9.97 Å². The third-order valence-corrected chi connectivity index (χ3v) is 3.32. The second-order valence-corrected chi connectivity index (χ2v) is 6.61. The summed E-state index contributed by atoms with van der Waals surface area (Å²) in [6.07, 6.45) is 3.91. The van der Waals surface area contributed by atoms with Crippen molar-refractivity contribution in [1.29, 1.82) is 0 Å². The monoisotopic (exact) mass is 338 g/mol. The van der Waals surface area contributed by atoms with Gasteiger partial charge in [0.1, 0.15) is 5.60 Å². The summed E-state index contributed by atoms with van der Waals surface area (Å²) in [4.78, 5) is 21.4. The zero-order valence-corrected chi connectivity index (χ0v) is 14.1. The van der Waals surface area contributed by atoms with Gasteiger partial charge < -0.3 is 15.4 Å². The van der Waals surface area contributed by atoms with Gasteiger partial charge in [-0.25, -0.2) is 25.0 Å². The highest BCUT2D eigenvalue weighted by Gasteiger charge is 2.27. The highest BCUT2D eigenvalue weighted by Crippen LogP contribution is 2.17. The highest BCUT2D eigenvalue weighted by atomic mass is 19.1. The number of carbonyl (C=O) groups excluding carboxylic acids is 1. The lowest BCUT2D eigenvalue weighted by Gasteiger charge is -2.27. The topological polar surface area (TPSA) is 111 Å². The van der Waals surface area contributed by atoms with E-state index in [-0.39, 0.29) is 18.5 Å². The third kappa shape index (κ3) is 4.79. The maximum Gasteiger partial charge on any atom is 0.410 e. The predicted octanol–water partition coefficient (Wildman–Crippen LogP) is 1.15. The summed E-state index contributed by atoms with van der Waals surface area (Å²) in [7, 11) is 0. The average Bonchev–Trinajstić information content (AvgIpc) is 2.67. The van der Waals surface area contributed by atoms with E-state index in [1.54, 1.807) is 26.8 Å². The molecule has 2 rings (SSSR count). The number of rotatable bonds is 2. The van der Waals surface area contributed by atoms with E-state index >= 15 is 0 Å². The number of hydrogen-bond donors (Lipinski definition) is 2. The molecule has 24 heavy (non-hydrogen) atoms. The van der Waals surface area contributed by atoms with Gasteiger partial charge in [-0.3, -0.25) is 5.01 Å². The number of amides is 1. The van der Waals surface area contributed by atoms with E-state index in [0.29, 0.717) is 18.7 Å². The minimum absolute atomic E-state index is 0.177. The fourth-order valence-electron chi connectivity index (χ4n) is 2.26. The molecule has 0 radical (unpaired) electrons. The minimum atomic E-state index is -0.580. The Morgan fingerprint density at radius 2 is 2.04 bits per heavy atom. The summed E-state index contributed by atoms with van der Waals surface area (Å²) in [6, 6.07) is -0.317. The fourth-order valence-corrected chi connectivity index (χ4v) is 2.26. The van der Waals surface area contributed by atoms with Crippen LogP contribution in [-0.2, 0) is 4.74 Å². The van der Waals surface area contributed by atoms with Crippen LogP contribution in [0.15, 0.2) is 24.2 Å². The Kier molecular flexibility index (Phi) is 5.23. The molecule has 4 N–H and O–H groups in total. The molecule has 0 aromatic carbocycles. The molecule has 0 fully saturated rings. The Morgan fingerprint density at radius 1 is 1.42 bits per heavy atom. The second-order valence-electron chi connectivity index (χ2n) is 6.61. The third-order valence-electron chi connectivity index (χ3n) is 3.32. The van der Waals surface area contributed by atoms with Crippen LogP contribution in [0, 0.1) is 5.82 Å². The number of aromatic nitrogens is 2. The molecule has 1 atom stereocenters. The second kappa shape index (κ2) is 7.00. The average molecular weight is 338 g/mol. The molecule has 132 valence electrons. The van der Waals surface area contributed by atoms with Gasteiger partial charge in [0.05, 0.1) is 25.0 Å². The van der Waals surface area contributed by atoms with Crippen molar-refractivity contribution >= 4 is 12.0 Å². The number of anilines is 1. The first kappa shape index (κ1) is 17.9. The van der Waals surface area contributed by atoms with E-state index in [0.717, 1.165) is 12.4 Å². The molecule has 9 heteroatoms. The van der Waals surface area contributed by atoms with Crippen molar-refractivity contribution in [3.05, 3.63) is 30.0 Å². The van der Waals surface area contributed by atoms with E-state index in [9.17, 15) is 9.18 Å². The summed E-state index contributed by atoms with van der Waals surface area (Å²) in [5.74, 6) is 5.66. The van der Waals surface area contributed by atoms with Crippen LogP contribution in [0.5, 0.6) is 0 Å². The molecular formula is C15H23FN6O2. The van der Waals surface area contributed by atoms with Gasteiger partial charge in [0.25, 0.3) is 0 Å². The highest BCUT2D eigenvalue weighted by molar-refractivity contribution is 5.68. The van der Waals surface area contributed by atoms with E-state index in [4.69, 9.17) is 16.3 Å². The van der Waals surface area contributed by atoms with Crippen LogP contribution in [0.4, 0.5) is 15.1 Å². The zero-order valence-electron chi connectivity index (χ0n) is 14.1. The molecular weight excluding hydrogens is 315 g/mol. The first-order valence-electron chi connectivity index (χ1n) is 7.61. The van der Waals surface area contributed by atoms with Gasteiger partial charge in [0.2, 0.25) is 5.95 Å². The van der Waals surface area contributed by atoms with Crippen LogP contribution >= 0.6 is 0 Å². The van der Waals surface area contributed by atoms with Gasteiger partial charge in [-0.1, -0.05) is 0 Å². The number of hydrogen-bond acceptors (Lipinski definition) is 7. The molecule has 0 bridgehead atoms. The van der Waals surface area contributed by atoms with Gasteiger partial charge >= 0.3 is 6.09 Å². The van der Waals surface area contributed by atoms with Crippen molar-refractivity contribution in [2.24, 2.45) is 11.6 Å². The Bertz CT molecular complexity index is 613. The maximum atomic E-state index is 12.9. The number of nitrogens with zero attached hydrogens (tertiary/aromatic N) is 4. The molecule has 2 heterocycles. The lowest BCUT2D eigenvalue weighted by atomic mass is 10.2. The Labute approximate surface area is 140 Å². The molecule has 0 spiro atoms. The zero-order chi connectivity index (χ0) is 17.9. The Morgan fingerprint density at radius 3 is 2.62 bits per heavy atom. The largest absolute Gasteiger partial charge is 0.444 e. The molecule has 0 aliphatic carbocycles. The van der Waals surface area contributed by atoms with Gasteiger partial charge in [0, 0.05) is 12.2 Å². The number of ether oxygens (including phenoxy) is 1. The molecule has 1 aromatic heterocycles. The summed E-state index contributed by atoms with van der Waals surface area (Å²) in [6.45, 7) is 6.07. The van der Waals surface area contributed by atoms with E-state index < -0.39 is 17.5 Å². The number of carbonyl (C=O) groups is 1. The molecule has 1 aliphatic heterocycles. The quantitative estimate of drug-likeness (QED) is 0.614. The molecule has 8 nitrogen and oxygen atoms in total. The normalized spacial score (nSPS) is 18.6. The van der Waals surface area contributed by atoms with Gasteiger partial charge in [-0.05, 0) is 33.3 Å². The SMILES string of the molecule is CC(C)(C)OC(=O)N1CCC(N(N)c2ncc(F)cn2)C=C(N)C1. The molecule has 1 amide bonds. The predicted molar refractivity (Wildman–Crippen MR) is 87.1 cm³/mol. The smallest absolute Gasteiger partial charge is 0.410 e. The molecule has 1 unspecified atom stereocenters. The van der Waals surface area contributed by atoms with Crippen molar-refractivity contribution in [2.75, 3.05) is 18.1 Å². The Hall–Kier alpha value is -2.42.